The van der Waals surface area contributed by atoms with Crippen molar-refractivity contribution in [3.8, 4) is 11.3 Å². The Bertz CT molecular complexity index is 573. The van der Waals surface area contributed by atoms with Gasteiger partial charge >= 0.3 is 6.18 Å². The summed E-state index contributed by atoms with van der Waals surface area (Å²) in [4.78, 5) is 0. The zero-order valence-electron chi connectivity index (χ0n) is 10.7. The van der Waals surface area contributed by atoms with Crippen molar-refractivity contribution in [2.75, 3.05) is 6.26 Å². The lowest BCUT2D eigenvalue weighted by atomic mass is 10.1. The molecule has 1 N–H and O–H groups in total. The quantitative estimate of drug-likeness (QED) is 0.913. The summed E-state index contributed by atoms with van der Waals surface area (Å²) in [6, 6.07) is 6.43. The summed E-state index contributed by atoms with van der Waals surface area (Å²) >= 11 is 1.54. The lowest BCUT2D eigenvalue weighted by Gasteiger charge is -2.06. The first kappa shape index (κ1) is 15.0. The lowest BCUT2D eigenvalue weighted by Crippen LogP contribution is -2.03. The number of aliphatic hydroxyl groups is 1. The van der Waals surface area contributed by atoms with Gasteiger partial charge in [0, 0.05) is 11.1 Å². The number of hydrogen-bond donors (Lipinski definition) is 1. The molecule has 6 heteroatoms. The Morgan fingerprint density at radius 3 is 2.35 bits per heavy atom. The van der Waals surface area contributed by atoms with E-state index in [0.717, 1.165) is 12.1 Å². The molecule has 108 valence electrons. The first-order valence-electron chi connectivity index (χ1n) is 5.84. The van der Waals surface area contributed by atoms with Crippen LogP contribution in [0.4, 0.5) is 13.2 Å². The van der Waals surface area contributed by atoms with Gasteiger partial charge in [-0.1, -0.05) is 12.1 Å². The number of alkyl halides is 3. The lowest BCUT2D eigenvalue weighted by molar-refractivity contribution is -0.137. The Morgan fingerprint density at radius 2 is 1.85 bits per heavy atom. The minimum absolute atomic E-state index is 0.153. The summed E-state index contributed by atoms with van der Waals surface area (Å²) in [5.74, 6) is 1.72. The third-order valence-corrected chi connectivity index (χ3v) is 3.39. The van der Waals surface area contributed by atoms with Gasteiger partial charge in [-0.3, -0.25) is 0 Å². The Hall–Kier alpha value is -1.40. The molecule has 0 aliphatic heterocycles. The molecule has 2 rings (SSSR count). The first-order chi connectivity index (χ1) is 9.45. The van der Waals surface area contributed by atoms with Crippen LogP contribution in [0.3, 0.4) is 0 Å². The van der Waals surface area contributed by atoms with Crippen molar-refractivity contribution in [3.63, 3.8) is 0 Å². The largest absolute Gasteiger partial charge is 0.460 e. The van der Waals surface area contributed by atoms with Gasteiger partial charge in [0.15, 0.2) is 0 Å². The van der Waals surface area contributed by atoms with E-state index in [2.05, 4.69) is 0 Å². The van der Waals surface area contributed by atoms with Gasteiger partial charge in [-0.15, -0.1) is 0 Å². The van der Waals surface area contributed by atoms with Crippen LogP contribution in [0.1, 0.15) is 16.9 Å². The number of hydrogen-bond acceptors (Lipinski definition) is 3. The Kier molecular flexibility index (Phi) is 4.45. The van der Waals surface area contributed by atoms with Crippen LogP contribution in [0.2, 0.25) is 0 Å². The van der Waals surface area contributed by atoms with Crippen LogP contribution >= 0.6 is 11.8 Å². The average molecular weight is 302 g/mol. The number of aliphatic hydroxyl groups excluding tert-OH is 1. The third kappa shape index (κ3) is 3.19. The smallest absolute Gasteiger partial charge is 0.416 e. The van der Waals surface area contributed by atoms with Crippen molar-refractivity contribution in [1.82, 2.24) is 0 Å². The van der Waals surface area contributed by atoms with Crippen LogP contribution in [-0.2, 0) is 18.5 Å². The van der Waals surface area contributed by atoms with E-state index in [1.165, 1.54) is 12.1 Å². The highest BCUT2D eigenvalue weighted by Gasteiger charge is 2.30. The summed E-state index contributed by atoms with van der Waals surface area (Å²) < 4.78 is 43.1. The highest BCUT2D eigenvalue weighted by atomic mass is 32.2. The van der Waals surface area contributed by atoms with Crippen molar-refractivity contribution in [3.05, 3.63) is 47.2 Å². The highest BCUT2D eigenvalue weighted by Crippen LogP contribution is 2.32. The highest BCUT2D eigenvalue weighted by molar-refractivity contribution is 7.97. The summed E-state index contributed by atoms with van der Waals surface area (Å²) in [6.07, 6.45) is -2.44. The molecule has 0 saturated carbocycles. The van der Waals surface area contributed by atoms with Gasteiger partial charge in [-0.25, -0.2) is 0 Å². The summed E-state index contributed by atoms with van der Waals surface area (Å²) in [5.41, 5.74) is 0.522. The molecule has 1 heterocycles. The maximum Gasteiger partial charge on any atom is 0.416 e. The number of furan rings is 1. The second-order valence-corrected chi connectivity index (χ2v) is 5.09. The molecule has 0 aliphatic carbocycles. The molecule has 0 spiro atoms. The minimum atomic E-state index is -4.35. The maximum atomic E-state index is 12.5. The molecular formula is C14H13F3O2S. The minimum Gasteiger partial charge on any atom is -0.460 e. The molecule has 20 heavy (non-hydrogen) atoms. The molecule has 0 radical (unpaired) electrons. The van der Waals surface area contributed by atoms with Gasteiger partial charge < -0.3 is 9.52 Å². The third-order valence-electron chi connectivity index (χ3n) is 2.84. The molecule has 0 atom stereocenters. The Labute approximate surface area is 118 Å². The van der Waals surface area contributed by atoms with Gasteiger partial charge in [-0.2, -0.15) is 24.9 Å². The monoisotopic (exact) mass is 302 g/mol. The number of rotatable bonds is 4. The molecule has 0 aliphatic rings. The van der Waals surface area contributed by atoms with Crippen molar-refractivity contribution in [2.24, 2.45) is 0 Å². The fourth-order valence-electron chi connectivity index (χ4n) is 1.82. The van der Waals surface area contributed by atoms with E-state index in [9.17, 15) is 18.3 Å². The van der Waals surface area contributed by atoms with E-state index in [4.69, 9.17) is 4.42 Å². The predicted molar refractivity (Wildman–Crippen MR) is 72.3 cm³/mol. The number of benzene rings is 1. The van der Waals surface area contributed by atoms with Crippen molar-refractivity contribution < 1.29 is 22.7 Å². The van der Waals surface area contributed by atoms with E-state index < -0.39 is 11.7 Å². The van der Waals surface area contributed by atoms with Crippen LogP contribution in [0, 0.1) is 0 Å². The second-order valence-electron chi connectivity index (χ2n) is 4.23. The average Bonchev–Trinajstić information content (AvgIpc) is 2.81. The van der Waals surface area contributed by atoms with Gasteiger partial charge in [-0.05, 0) is 24.5 Å². The Balaban J connectivity index is 2.32. The van der Waals surface area contributed by atoms with Crippen LogP contribution in [0.15, 0.2) is 34.7 Å². The van der Waals surface area contributed by atoms with Crippen molar-refractivity contribution >= 4 is 11.8 Å². The number of halogens is 3. The fourth-order valence-corrected chi connectivity index (χ4v) is 2.33. The molecular weight excluding hydrogens is 289 g/mol. The molecule has 2 aromatic rings. The standard InChI is InChI=1S/C14H13F3O2S/c1-20-8-13-10(7-18)6-12(19-13)9-2-4-11(5-3-9)14(15,16)17/h2-6,18H,7-8H2,1H3. The zero-order chi connectivity index (χ0) is 14.8. The fraction of sp³-hybridized carbons (Fsp3) is 0.286. The van der Waals surface area contributed by atoms with E-state index in [1.807, 2.05) is 6.26 Å². The summed E-state index contributed by atoms with van der Waals surface area (Å²) in [5, 5.41) is 9.24. The van der Waals surface area contributed by atoms with Crippen molar-refractivity contribution in [1.29, 1.82) is 0 Å². The molecule has 0 unspecified atom stereocenters. The SMILES string of the molecule is CSCc1oc(-c2ccc(C(F)(F)F)cc2)cc1CO. The molecule has 0 bridgehead atoms. The van der Waals surface area contributed by atoms with E-state index in [-0.39, 0.29) is 6.61 Å². The van der Waals surface area contributed by atoms with Crippen LogP contribution in [-0.4, -0.2) is 11.4 Å². The zero-order valence-corrected chi connectivity index (χ0v) is 11.5. The predicted octanol–water partition coefficient (Wildman–Crippen LogP) is 4.32. The van der Waals surface area contributed by atoms with E-state index in [0.29, 0.717) is 28.4 Å². The summed E-state index contributed by atoms with van der Waals surface area (Å²) in [7, 11) is 0. The van der Waals surface area contributed by atoms with E-state index in [1.54, 1.807) is 17.8 Å². The van der Waals surface area contributed by atoms with Crippen molar-refractivity contribution in [2.45, 2.75) is 18.5 Å². The molecule has 0 saturated heterocycles. The summed E-state index contributed by atoms with van der Waals surface area (Å²) in [6.45, 7) is -0.153. The van der Waals surface area contributed by atoms with Gasteiger partial charge in [0.1, 0.15) is 11.5 Å². The van der Waals surface area contributed by atoms with E-state index >= 15 is 0 Å². The van der Waals surface area contributed by atoms with Crippen LogP contribution in [0.5, 0.6) is 0 Å². The first-order valence-corrected chi connectivity index (χ1v) is 7.24. The molecule has 0 amide bonds. The van der Waals surface area contributed by atoms with Gasteiger partial charge in [0.25, 0.3) is 0 Å². The topological polar surface area (TPSA) is 33.4 Å². The van der Waals surface area contributed by atoms with Gasteiger partial charge in [0.05, 0.1) is 17.9 Å². The maximum absolute atomic E-state index is 12.5. The van der Waals surface area contributed by atoms with Crippen LogP contribution in [0.25, 0.3) is 11.3 Å². The molecule has 0 fully saturated rings. The second kappa shape index (κ2) is 5.93. The molecule has 1 aromatic heterocycles. The normalized spacial score (nSPS) is 11.8. The van der Waals surface area contributed by atoms with Crippen LogP contribution < -0.4 is 0 Å². The molecule has 2 nitrogen and oxygen atoms in total. The Morgan fingerprint density at radius 1 is 1.20 bits per heavy atom. The van der Waals surface area contributed by atoms with Gasteiger partial charge in [0.2, 0.25) is 0 Å². The molecule has 1 aromatic carbocycles. The number of thioether (sulfide) groups is 1.